The van der Waals surface area contributed by atoms with Crippen molar-refractivity contribution >= 4 is 35.6 Å². The molecule has 3 aromatic carbocycles. The van der Waals surface area contributed by atoms with E-state index in [0.717, 1.165) is 4.90 Å². The number of nitrogens with zero attached hydrogens (tertiary/aromatic N) is 1. The van der Waals surface area contributed by atoms with Crippen LogP contribution in [0, 0.1) is 0 Å². The number of methoxy groups -OCH3 is 1. The number of barbiturate groups is 1. The van der Waals surface area contributed by atoms with Gasteiger partial charge in [0.25, 0.3) is 11.8 Å². The molecule has 3 aromatic rings. The summed E-state index contributed by atoms with van der Waals surface area (Å²) >= 11 is 0. The van der Waals surface area contributed by atoms with Crippen LogP contribution < -0.4 is 19.7 Å². The molecule has 8 nitrogen and oxygen atoms in total. The number of rotatable bonds is 5. The van der Waals surface area contributed by atoms with E-state index < -0.39 is 23.8 Å². The minimum Gasteiger partial charge on any atom is -0.497 e. The Balaban J connectivity index is 1.68. The second-order valence-corrected chi connectivity index (χ2v) is 6.95. The molecule has 0 unspecified atom stereocenters. The Morgan fingerprint density at radius 1 is 0.909 bits per heavy atom. The highest BCUT2D eigenvalue weighted by molar-refractivity contribution is 6.39. The largest absolute Gasteiger partial charge is 0.497 e. The highest BCUT2D eigenvalue weighted by Crippen LogP contribution is 2.27. The molecule has 1 saturated heterocycles. The molecule has 0 aromatic heterocycles. The number of imide groups is 2. The van der Waals surface area contributed by atoms with Crippen LogP contribution in [0.3, 0.4) is 0 Å². The summed E-state index contributed by atoms with van der Waals surface area (Å²) in [5.41, 5.74) is 0.612. The second kappa shape index (κ2) is 9.19. The number of benzene rings is 3. The number of carbonyl (C=O) groups is 4. The van der Waals surface area contributed by atoms with E-state index in [4.69, 9.17) is 9.47 Å². The van der Waals surface area contributed by atoms with Crippen molar-refractivity contribution in [1.29, 1.82) is 0 Å². The van der Waals surface area contributed by atoms with Crippen molar-refractivity contribution in [3.8, 4) is 11.5 Å². The van der Waals surface area contributed by atoms with Gasteiger partial charge in [0, 0.05) is 11.6 Å². The molecule has 0 bridgehead atoms. The van der Waals surface area contributed by atoms with Crippen LogP contribution in [0.4, 0.5) is 10.5 Å². The van der Waals surface area contributed by atoms with Crippen LogP contribution in [-0.2, 0) is 9.59 Å². The molecule has 4 rings (SSSR count). The first kappa shape index (κ1) is 21.5. The van der Waals surface area contributed by atoms with E-state index in [2.05, 4.69) is 5.32 Å². The van der Waals surface area contributed by atoms with Crippen LogP contribution in [0.5, 0.6) is 11.5 Å². The maximum atomic E-state index is 13.1. The second-order valence-electron chi connectivity index (χ2n) is 6.95. The normalized spacial score (nSPS) is 14.8. The Morgan fingerprint density at radius 2 is 1.64 bits per heavy atom. The fourth-order valence-corrected chi connectivity index (χ4v) is 3.22. The molecule has 0 radical (unpaired) electrons. The van der Waals surface area contributed by atoms with E-state index in [-0.39, 0.29) is 17.0 Å². The zero-order valence-electron chi connectivity index (χ0n) is 17.5. The van der Waals surface area contributed by atoms with E-state index in [0.29, 0.717) is 16.9 Å². The zero-order chi connectivity index (χ0) is 23.4. The zero-order valence-corrected chi connectivity index (χ0v) is 17.5. The maximum Gasteiger partial charge on any atom is 0.343 e. The number of urea groups is 1. The molecule has 0 spiro atoms. The van der Waals surface area contributed by atoms with E-state index >= 15 is 0 Å². The van der Waals surface area contributed by atoms with Crippen LogP contribution in [0.15, 0.2) is 84.4 Å². The first-order chi connectivity index (χ1) is 16.0. The highest BCUT2D eigenvalue weighted by atomic mass is 16.5. The Hall–Kier alpha value is -4.72. The van der Waals surface area contributed by atoms with Crippen LogP contribution in [0.25, 0.3) is 6.08 Å². The molecule has 1 aliphatic heterocycles. The monoisotopic (exact) mass is 442 g/mol. The standard InChI is InChI=1S/C25H18N2O6/c1-32-19-12-7-11-18(15-19)27-23(29)20(22(28)26-25(27)31)14-17-10-5-6-13-21(17)33-24(30)16-8-3-2-4-9-16/h2-15H,1H3,(H,26,28,31)/b20-14-. The predicted octanol–water partition coefficient (Wildman–Crippen LogP) is 3.58. The van der Waals surface area contributed by atoms with Crippen LogP contribution in [-0.4, -0.2) is 30.9 Å². The van der Waals surface area contributed by atoms with Gasteiger partial charge in [-0.05, 0) is 36.4 Å². The lowest BCUT2D eigenvalue weighted by atomic mass is 10.1. The molecular weight excluding hydrogens is 424 g/mol. The predicted molar refractivity (Wildman–Crippen MR) is 120 cm³/mol. The lowest BCUT2D eigenvalue weighted by Gasteiger charge is -2.26. The van der Waals surface area contributed by atoms with Gasteiger partial charge in [0.15, 0.2) is 0 Å². The molecule has 1 fully saturated rings. The van der Waals surface area contributed by atoms with Crippen LogP contribution in [0.2, 0.25) is 0 Å². The first-order valence-electron chi connectivity index (χ1n) is 9.89. The van der Waals surface area contributed by atoms with Crippen molar-refractivity contribution in [1.82, 2.24) is 5.32 Å². The van der Waals surface area contributed by atoms with Crippen molar-refractivity contribution in [2.75, 3.05) is 12.0 Å². The topological polar surface area (TPSA) is 102 Å². The van der Waals surface area contributed by atoms with Crippen molar-refractivity contribution in [3.05, 3.63) is 95.6 Å². The van der Waals surface area contributed by atoms with E-state index in [1.807, 2.05) is 0 Å². The van der Waals surface area contributed by atoms with Crippen molar-refractivity contribution in [2.45, 2.75) is 0 Å². The summed E-state index contributed by atoms with van der Waals surface area (Å²) in [6.45, 7) is 0. The van der Waals surface area contributed by atoms with E-state index in [1.54, 1.807) is 72.8 Å². The molecule has 164 valence electrons. The maximum absolute atomic E-state index is 13.1. The molecular formula is C25H18N2O6. The number of hydrogen-bond acceptors (Lipinski definition) is 6. The third kappa shape index (κ3) is 4.49. The molecule has 0 aliphatic carbocycles. The van der Waals surface area contributed by atoms with Crippen LogP contribution in [0.1, 0.15) is 15.9 Å². The van der Waals surface area contributed by atoms with Gasteiger partial charge in [0.05, 0.1) is 18.4 Å². The van der Waals surface area contributed by atoms with Gasteiger partial charge in [0.1, 0.15) is 17.1 Å². The third-order valence-electron chi connectivity index (χ3n) is 4.84. The average Bonchev–Trinajstić information content (AvgIpc) is 2.83. The van der Waals surface area contributed by atoms with Gasteiger partial charge in [-0.2, -0.15) is 0 Å². The van der Waals surface area contributed by atoms with Gasteiger partial charge < -0.3 is 9.47 Å². The molecule has 8 heteroatoms. The summed E-state index contributed by atoms with van der Waals surface area (Å²) in [6, 6.07) is 20.3. The van der Waals surface area contributed by atoms with Crippen molar-refractivity contribution in [3.63, 3.8) is 0 Å². The number of para-hydroxylation sites is 1. The smallest absolute Gasteiger partial charge is 0.343 e. The Kier molecular flexibility index (Phi) is 5.99. The van der Waals surface area contributed by atoms with Crippen molar-refractivity contribution < 1.29 is 28.7 Å². The number of esters is 1. The Morgan fingerprint density at radius 3 is 2.39 bits per heavy atom. The van der Waals surface area contributed by atoms with Crippen LogP contribution >= 0.6 is 0 Å². The Labute approximate surface area is 189 Å². The summed E-state index contributed by atoms with van der Waals surface area (Å²) < 4.78 is 10.6. The summed E-state index contributed by atoms with van der Waals surface area (Å²) in [4.78, 5) is 51.4. The number of amides is 4. The van der Waals surface area contributed by atoms with E-state index in [9.17, 15) is 19.2 Å². The van der Waals surface area contributed by atoms with Gasteiger partial charge >= 0.3 is 12.0 Å². The first-order valence-corrected chi connectivity index (χ1v) is 9.89. The average molecular weight is 442 g/mol. The van der Waals surface area contributed by atoms with Gasteiger partial charge in [0.2, 0.25) is 0 Å². The van der Waals surface area contributed by atoms with Crippen molar-refractivity contribution in [2.24, 2.45) is 0 Å². The van der Waals surface area contributed by atoms with Gasteiger partial charge in [-0.3, -0.25) is 14.9 Å². The Bertz CT molecular complexity index is 1280. The van der Waals surface area contributed by atoms with Gasteiger partial charge in [-0.1, -0.05) is 42.5 Å². The van der Waals surface area contributed by atoms with Gasteiger partial charge in [-0.25, -0.2) is 14.5 Å². The van der Waals surface area contributed by atoms with E-state index in [1.165, 1.54) is 19.3 Å². The molecule has 0 saturated carbocycles. The number of hydrogen-bond donors (Lipinski definition) is 1. The lowest BCUT2D eigenvalue weighted by Crippen LogP contribution is -2.54. The summed E-state index contributed by atoms with van der Waals surface area (Å²) in [6.07, 6.45) is 1.28. The number of anilines is 1. The third-order valence-corrected chi connectivity index (χ3v) is 4.84. The van der Waals surface area contributed by atoms with Gasteiger partial charge in [-0.15, -0.1) is 0 Å². The molecule has 0 atom stereocenters. The molecule has 33 heavy (non-hydrogen) atoms. The molecule has 1 aliphatic rings. The minimum absolute atomic E-state index is 0.157. The summed E-state index contributed by atoms with van der Waals surface area (Å²) in [7, 11) is 1.46. The summed E-state index contributed by atoms with van der Waals surface area (Å²) in [5.74, 6) is -1.67. The SMILES string of the molecule is COc1cccc(N2C(=O)NC(=O)/C(=C/c3ccccc3OC(=O)c3ccccc3)C2=O)c1. The summed E-state index contributed by atoms with van der Waals surface area (Å²) in [5, 5.41) is 2.16. The number of ether oxygens (including phenoxy) is 2. The number of nitrogens with one attached hydrogen (secondary N) is 1. The molecule has 1 heterocycles. The number of carbonyl (C=O) groups excluding carboxylic acids is 4. The highest BCUT2D eigenvalue weighted by Gasteiger charge is 2.37. The quantitative estimate of drug-likeness (QED) is 0.281. The minimum atomic E-state index is -0.876. The molecule has 1 N–H and O–H groups in total. The lowest BCUT2D eigenvalue weighted by molar-refractivity contribution is -0.122. The fourth-order valence-electron chi connectivity index (χ4n) is 3.22. The fraction of sp³-hybridized carbons (Fsp3) is 0.0400. The molecule has 4 amide bonds.